The molecule has 0 spiro atoms. The number of hydrogen-bond acceptors (Lipinski definition) is 8. The van der Waals surface area contributed by atoms with E-state index in [9.17, 15) is 10.1 Å². The molecular weight excluding hydrogens is 330 g/mol. The highest BCUT2D eigenvalue weighted by Gasteiger charge is 2.29. The summed E-state index contributed by atoms with van der Waals surface area (Å²) in [6, 6.07) is 0. The molecule has 1 heterocycles. The van der Waals surface area contributed by atoms with Gasteiger partial charge in [0.1, 0.15) is 6.33 Å². The van der Waals surface area contributed by atoms with Gasteiger partial charge in [0.25, 0.3) is 0 Å². The zero-order chi connectivity index (χ0) is 16.0. The molecule has 0 saturated carbocycles. The van der Waals surface area contributed by atoms with Crippen LogP contribution in [0, 0.1) is 10.1 Å². The van der Waals surface area contributed by atoms with E-state index in [0.717, 1.165) is 11.5 Å². The number of aromatic nitrogens is 2. The lowest BCUT2D eigenvalue weighted by Crippen LogP contribution is -2.22. The summed E-state index contributed by atoms with van der Waals surface area (Å²) in [5, 5.41) is 11.4. The molecular formula is C11H17N5O2S3. The Morgan fingerprint density at radius 3 is 2.33 bits per heavy atom. The standard InChI is InChI=1S/C11H17N5O2S3/c1-5-20-16(21-6-2)11(19)8-9(15(17)18)10(14(3)4)13-7-12-8/h7H,5-6H2,1-4H3. The van der Waals surface area contributed by atoms with E-state index in [1.54, 1.807) is 22.7 Å². The van der Waals surface area contributed by atoms with Crippen molar-refractivity contribution < 1.29 is 4.92 Å². The summed E-state index contributed by atoms with van der Waals surface area (Å²) < 4.78 is 1.80. The van der Waals surface area contributed by atoms with E-state index in [2.05, 4.69) is 9.97 Å². The fourth-order valence-corrected chi connectivity index (χ4v) is 3.77. The third-order valence-electron chi connectivity index (χ3n) is 2.27. The van der Waals surface area contributed by atoms with Gasteiger partial charge in [-0.15, -0.1) is 0 Å². The summed E-state index contributed by atoms with van der Waals surface area (Å²) >= 11 is 8.39. The maximum atomic E-state index is 11.4. The molecule has 0 aliphatic carbocycles. The zero-order valence-corrected chi connectivity index (χ0v) is 14.7. The largest absolute Gasteiger partial charge is 0.357 e. The molecule has 0 fully saturated rings. The molecule has 7 nitrogen and oxygen atoms in total. The first-order valence-corrected chi connectivity index (χ1v) is 8.50. The summed E-state index contributed by atoms with van der Waals surface area (Å²) in [5.74, 6) is 1.87. The third-order valence-corrected chi connectivity index (χ3v) is 4.86. The summed E-state index contributed by atoms with van der Waals surface area (Å²) in [6.45, 7) is 3.99. The quantitative estimate of drug-likeness (QED) is 0.320. The van der Waals surface area contributed by atoms with Crippen LogP contribution in [-0.4, -0.2) is 49.2 Å². The number of nitrogens with zero attached hydrogens (tertiary/aromatic N) is 5. The van der Waals surface area contributed by atoms with E-state index in [-0.39, 0.29) is 17.2 Å². The fraction of sp³-hybridized carbons (Fsp3) is 0.545. The van der Waals surface area contributed by atoms with Crippen molar-refractivity contribution in [2.24, 2.45) is 0 Å². The van der Waals surface area contributed by atoms with Crippen LogP contribution in [0.15, 0.2) is 6.33 Å². The van der Waals surface area contributed by atoms with E-state index >= 15 is 0 Å². The molecule has 0 saturated heterocycles. The van der Waals surface area contributed by atoms with Crippen LogP contribution in [-0.2, 0) is 0 Å². The molecule has 116 valence electrons. The van der Waals surface area contributed by atoms with Gasteiger partial charge in [-0.1, -0.05) is 26.1 Å². The van der Waals surface area contributed by atoms with Crippen LogP contribution in [0.25, 0.3) is 0 Å². The Morgan fingerprint density at radius 1 is 1.33 bits per heavy atom. The Hall–Kier alpha value is -1.13. The van der Waals surface area contributed by atoms with Crippen molar-refractivity contribution in [2.75, 3.05) is 30.5 Å². The van der Waals surface area contributed by atoms with Gasteiger partial charge >= 0.3 is 5.69 Å². The summed E-state index contributed by atoms with van der Waals surface area (Å²) in [5.41, 5.74) is 0.0153. The van der Waals surface area contributed by atoms with Gasteiger partial charge < -0.3 is 4.90 Å². The number of rotatable bonds is 7. The maximum absolute atomic E-state index is 11.4. The lowest BCUT2D eigenvalue weighted by Gasteiger charge is -2.21. The molecule has 0 amide bonds. The predicted octanol–water partition coefficient (Wildman–Crippen LogP) is 2.76. The van der Waals surface area contributed by atoms with Crippen LogP contribution in [0.3, 0.4) is 0 Å². The molecule has 0 aliphatic rings. The van der Waals surface area contributed by atoms with Crippen LogP contribution >= 0.6 is 36.1 Å². The van der Waals surface area contributed by atoms with Gasteiger partial charge in [0.05, 0.1) is 4.92 Å². The SMILES string of the molecule is CCSN(SCC)C(=S)c1ncnc(N(C)C)c1[N+](=O)[O-]. The summed E-state index contributed by atoms with van der Waals surface area (Å²) in [4.78, 5) is 20.8. The molecule has 0 unspecified atom stereocenters. The smallest absolute Gasteiger partial charge is 0.340 e. The lowest BCUT2D eigenvalue weighted by molar-refractivity contribution is -0.384. The summed E-state index contributed by atoms with van der Waals surface area (Å²) in [6.07, 6.45) is 1.30. The highest BCUT2D eigenvalue weighted by molar-refractivity contribution is 8.13. The minimum atomic E-state index is -0.484. The normalized spacial score (nSPS) is 10.3. The van der Waals surface area contributed by atoms with Crippen molar-refractivity contribution in [3.05, 3.63) is 22.1 Å². The van der Waals surface area contributed by atoms with Crippen LogP contribution in [0.4, 0.5) is 11.5 Å². The second-order valence-electron chi connectivity index (χ2n) is 3.94. The van der Waals surface area contributed by atoms with Crippen molar-refractivity contribution in [1.29, 1.82) is 0 Å². The third kappa shape index (κ3) is 4.42. The van der Waals surface area contributed by atoms with Crippen molar-refractivity contribution >= 4 is 52.6 Å². The topological polar surface area (TPSA) is 75.4 Å². The van der Waals surface area contributed by atoms with Gasteiger partial charge in [0.15, 0.2) is 10.7 Å². The van der Waals surface area contributed by atoms with Gasteiger partial charge in [-0.25, -0.2) is 13.7 Å². The second kappa shape index (κ2) is 8.35. The van der Waals surface area contributed by atoms with Gasteiger partial charge in [-0.3, -0.25) is 10.1 Å². The number of nitro groups is 1. The zero-order valence-electron chi connectivity index (χ0n) is 12.3. The number of anilines is 1. The molecule has 0 atom stereocenters. The molecule has 0 bridgehead atoms. The fourth-order valence-electron chi connectivity index (χ4n) is 1.50. The maximum Gasteiger partial charge on any atom is 0.340 e. The Labute approximate surface area is 137 Å². The Balaban J connectivity index is 3.31. The average Bonchev–Trinajstić information content (AvgIpc) is 2.45. The monoisotopic (exact) mass is 347 g/mol. The second-order valence-corrected chi connectivity index (χ2v) is 6.96. The van der Waals surface area contributed by atoms with E-state index in [4.69, 9.17) is 12.2 Å². The van der Waals surface area contributed by atoms with Crippen LogP contribution in [0.5, 0.6) is 0 Å². The Morgan fingerprint density at radius 2 is 1.90 bits per heavy atom. The van der Waals surface area contributed by atoms with Gasteiger partial charge in [-0.2, -0.15) is 0 Å². The van der Waals surface area contributed by atoms with E-state index in [1.807, 2.05) is 13.8 Å². The minimum Gasteiger partial charge on any atom is -0.357 e. The van der Waals surface area contributed by atoms with Gasteiger partial charge in [0, 0.05) is 25.6 Å². The van der Waals surface area contributed by atoms with Gasteiger partial charge in [0.2, 0.25) is 5.82 Å². The van der Waals surface area contributed by atoms with Crippen molar-refractivity contribution in [3.63, 3.8) is 0 Å². The predicted molar refractivity (Wildman–Crippen MR) is 92.8 cm³/mol. The van der Waals surface area contributed by atoms with Crippen molar-refractivity contribution in [1.82, 2.24) is 13.7 Å². The molecule has 1 rings (SSSR count). The average molecular weight is 347 g/mol. The highest BCUT2D eigenvalue weighted by Crippen LogP contribution is 2.32. The minimum absolute atomic E-state index is 0.161. The number of hydrogen-bond donors (Lipinski definition) is 0. The van der Waals surface area contributed by atoms with Gasteiger partial charge in [-0.05, 0) is 23.9 Å². The highest BCUT2D eigenvalue weighted by atomic mass is 32.2. The summed E-state index contributed by atoms with van der Waals surface area (Å²) in [7, 11) is 3.39. The van der Waals surface area contributed by atoms with Crippen molar-refractivity contribution in [3.8, 4) is 0 Å². The Kier molecular flexibility index (Phi) is 7.12. The van der Waals surface area contributed by atoms with Crippen LogP contribution in [0.1, 0.15) is 19.5 Å². The molecule has 1 aromatic heterocycles. The first kappa shape index (κ1) is 17.9. The van der Waals surface area contributed by atoms with E-state index < -0.39 is 4.92 Å². The van der Waals surface area contributed by atoms with Crippen LogP contribution < -0.4 is 4.90 Å². The number of thiocarbonyl (C=S) groups is 1. The first-order chi connectivity index (χ1) is 9.93. The molecule has 0 aromatic carbocycles. The van der Waals surface area contributed by atoms with E-state index in [0.29, 0.717) is 4.99 Å². The van der Waals surface area contributed by atoms with Crippen molar-refractivity contribution in [2.45, 2.75) is 13.8 Å². The molecule has 0 aliphatic heterocycles. The Bertz CT molecular complexity index is 521. The molecule has 10 heteroatoms. The van der Waals surface area contributed by atoms with E-state index in [1.165, 1.54) is 30.2 Å². The van der Waals surface area contributed by atoms with Crippen LogP contribution in [0.2, 0.25) is 0 Å². The molecule has 21 heavy (non-hydrogen) atoms. The molecule has 0 radical (unpaired) electrons. The first-order valence-electron chi connectivity index (χ1n) is 6.20. The molecule has 1 aromatic rings. The lowest BCUT2D eigenvalue weighted by atomic mass is 10.3. The molecule has 0 N–H and O–H groups in total.